The number of aromatic nitrogens is 2. The highest BCUT2D eigenvalue weighted by Crippen LogP contribution is 2.23. The first-order valence-electron chi connectivity index (χ1n) is 7.30. The number of ether oxygens (including phenoxy) is 1. The highest BCUT2D eigenvalue weighted by Gasteiger charge is 2.18. The highest BCUT2D eigenvalue weighted by molar-refractivity contribution is 6.30. The summed E-state index contributed by atoms with van der Waals surface area (Å²) < 4.78 is 6.68. The zero-order valence-electron chi connectivity index (χ0n) is 13.3. The molecule has 23 heavy (non-hydrogen) atoms. The number of aryl methyl sites for hydroxylation is 2. The maximum atomic E-state index is 12.0. The number of esters is 1. The Kier molecular flexibility index (Phi) is 4.09. The summed E-state index contributed by atoms with van der Waals surface area (Å²) >= 11 is 6.02. The Morgan fingerprint density at radius 1 is 1.22 bits per heavy atom. The molecular formula is C18H17ClN2O2. The van der Waals surface area contributed by atoms with Crippen molar-refractivity contribution < 1.29 is 9.53 Å². The summed E-state index contributed by atoms with van der Waals surface area (Å²) in [6.45, 7) is 4.60. The second-order valence-electron chi connectivity index (χ2n) is 5.59. The highest BCUT2D eigenvalue weighted by atomic mass is 35.5. The van der Waals surface area contributed by atoms with Crippen LogP contribution in [0.2, 0.25) is 5.02 Å². The first-order chi connectivity index (χ1) is 11.0. The minimum absolute atomic E-state index is 0.342. The molecule has 0 radical (unpaired) electrons. The molecule has 0 amide bonds. The topological polar surface area (TPSA) is 44.1 Å². The zero-order chi connectivity index (χ0) is 16.6. The number of methoxy groups -OCH3 is 1. The normalized spacial score (nSPS) is 11.0. The van der Waals surface area contributed by atoms with Crippen LogP contribution in [0.15, 0.2) is 36.4 Å². The molecule has 0 saturated carbocycles. The number of halogens is 1. The molecule has 3 aromatic rings. The van der Waals surface area contributed by atoms with Gasteiger partial charge in [0.05, 0.1) is 19.2 Å². The van der Waals surface area contributed by atoms with Crippen LogP contribution in [0.1, 0.15) is 27.2 Å². The van der Waals surface area contributed by atoms with Gasteiger partial charge >= 0.3 is 5.97 Å². The van der Waals surface area contributed by atoms with E-state index in [4.69, 9.17) is 16.3 Å². The van der Waals surface area contributed by atoms with Gasteiger partial charge < -0.3 is 4.74 Å². The van der Waals surface area contributed by atoms with E-state index in [1.54, 1.807) is 0 Å². The Balaban J connectivity index is 2.13. The second kappa shape index (κ2) is 6.05. The molecule has 4 nitrogen and oxygen atoms in total. The summed E-state index contributed by atoms with van der Waals surface area (Å²) in [5.74, 6) is -0.426. The van der Waals surface area contributed by atoms with E-state index in [0.717, 1.165) is 27.6 Å². The van der Waals surface area contributed by atoms with Crippen LogP contribution >= 0.6 is 11.6 Å². The third-order valence-corrected chi connectivity index (χ3v) is 4.15. The van der Waals surface area contributed by atoms with Gasteiger partial charge in [-0.05, 0) is 48.7 Å². The van der Waals surface area contributed by atoms with Crippen molar-refractivity contribution in [2.24, 2.45) is 0 Å². The van der Waals surface area contributed by atoms with Crippen LogP contribution in [0, 0.1) is 13.8 Å². The van der Waals surface area contributed by atoms with Gasteiger partial charge in [-0.1, -0.05) is 29.8 Å². The van der Waals surface area contributed by atoms with Crippen molar-refractivity contribution in [2.45, 2.75) is 20.4 Å². The second-order valence-corrected chi connectivity index (χ2v) is 6.03. The molecule has 1 aromatic heterocycles. The number of fused-ring (bicyclic) bond motifs is 1. The fraction of sp³-hybridized carbons (Fsp3) is 0.222. The molecule has 0 spiro atoms. The van der Waals surface area contributed by atoms with E-state index in [1.807, 2.05) is 54.9 Å². The fourth-order valence-electron chi connectivity index (χ4n) is 2.65. The van der Waals surface area contributed by atoms with Crippen LogP contribution in [-0.2, 0) is 11.3 Å². The minimum atomic E-state index is -0.426. The summed E-state index contributed by atoms with van der Waals surface area (Å²) in [7, 11) is 1.37. The maximum Gasteiger partial charge on any atom is 0.359 e. The Labute approximate surface area is 139 Å². The van der Waals surface area contributed by atoms with Crippen molar-refractivity contribution in [2.75, 3.05) is 7.11 Å². The van der Waals surface area contributed by atoms with Crippen molar-refractivity contribution in [3.8, 4) is 0 Å². The number of benzene rings is 2. The number of hydrogen-bond acceptors (Lipinski definition) is 3. The smallest absolute Gasteiger partial charge is 0.359 e. The number of hydrogen-bond donors (Lipinski definition) is 0. The molecule has 118 valence electrons. The van der Waals surface area contributed by atoms with Crippen LogP contribution in [0.5, 0.6) is 0 Å². The summed E-state index contributed by atoms with van der Waals surface area (Å²) in [5, 5.41) is 5.98. The fourth-order valence-corrected chi connectivity index (χ4v) is 2.88. The van der Waals surface area contributed by atoms with E-state index in [-0.39, 0.29) is 0 Å². The molecule has 0 atom stereocenters. The molecule has 0 aliphatic rings. The Hall–Kier alpha value is -2.33. The summed E-state index contributed by atoms with van der Waals surface area (Å²) in [6, 6.07) is 11.7. The standard InChI is InChI=1S/C18H17ClN2O2/c1-11-4-7-15-16(8-11)21(20-17(15)18(22)23-3)10-13-5-6-14(19)9-12(13)2/h4-9H,10H2,1-3H3. The lowest BCUT2D eigenvalue weighted by Gasteiger charge is -2.08. The lowest BCUT2D eigenvalue weighted by molar-refractivity contribution is 0.0595. The number of carbonyl (C=O) groups is 1. The molecule has 0 fully saturated rings. The third kappa shape index (κ3) is 2.94. The van der Waals surface area contributed by atoms with Crippen LogP contribution in [0.4, 0.5) is 0 Å². The summed E-state index contributed by atoms with van der Waals surface area (Å²) in [6.07, 6.45) is 0. The van der Waals surface area contributed by atoms with Crippen molar-refractivity contribution in [3.63, 3.8) is 0 Å². The van der Waals surface area contributed by atoms with Gasteiger partial charge in [0.2, 0.25) is 0 Å². The van der Waals surface area contributed by atoms with Crippen LogP contribution in [0.25, 0.3) is 10.9 Å². The Morgan fingerprint density at radius 3 is 2.70 bits per heavy atom. The predicted molar refractivity (Wildman–Crippen MR) is 91.1 cm³/mol. The molecule has 2 aromatic carbocycles. The van der Waals surface area contributed by atoms with Gasteiger partial charge in [0.1, 0.15) is 0 Å². The number of nitrogens with zero attached hydrogens (tertiary/aromatic N) is 2. The van der Waals surface area contributed by atoms with Crippen molar-refractivity contribution >= 4 is 28.5 Å². The lowest BCUT2D eigenvalue weighted by atomic mass is 10.1. The molecule has 0 bridgehead atoms. The molecular weight excluding hydrogens is 312 g/mol. The van der Waals surface area contributed by atoms with Gasteiger partial charge in [-0.15, -0.1) is 0 Å². The van der Waals surface area contributed by atoms with Gasteiger partial charge in [0.15, 0.2) is 5.69 Å². The van der Waals surface area contributed by atoms with Gasteiger partial charge in [-0.3, -0.25) is 4.68 Å². The van der Waals surface area contributed by atoms with E-state index in [9.17, 15) is 4.79 Å². The maximum absolute atomic E-state index is 12.0. The summed E-state index contributed by atoms with van der Waals surface area (Å²) in [4.78, 5) is 12.0. The van der Waals surface area contributed by atoms with Crippen molar-refractivity contribution in [1.29, 1.82) is 0 Å². The zero-order valence-corrected chi connectivity index (χ0v) is 14.0. The molecule has 0 N–H and O–H groups in total. The first-order valence-corrected chi connectivity index (χ1v) is 7.68. The SMILES string of the molecule is COC(=O)c1nn(Cc2ccc(Cl)cc2C)c2cc(C)ccc12. The quantitative estimate of drug-likeness (QED) is 0.679. The van der Waals surface area contributed by atoms with Gasteiger partial charge in [-0.2, -0.15) is 5.10 Å². The predicted octanol–water partition coefficient (Wildman–Crippen LogP) is 4.14. The molecule has 0 saturated heterocycles. The largest absolute Gasteiger partial charge is 0.464 e. The van der Waals surface area contributed by atoms with E-state index >= 15 is 0 Å². The minimum Gasteiger partial charge on any atom is -0.464 e. The average molecular weight is 329 g/mol. The van der Waals surface area contributed by atoms with Gasteiger partial charge in [0, 0.05) is 10.4 Å². The van der Waals surface area contributed by atoms with E-state index in [1.165, 1.54) is 7.11 Å². The van der Waals surface area contributed by atoms with Gasteiger partial charge in [-0.25, -0.2) is 4.79 Å². The Morgan fingerprint density at radius 2 is 2.00 bits per heavy atom. The Bertz CT molecular complexity index is 899. The van der Waals surface area contributed by atoms with Crippen LogP contribution in [-0.4, -0.2) is 22.9 Å². The summed E-state index contributed by atoms with van der Waals surface area (Å²) in [5.41, 5.74) is 4.57. The van der Waals surface area contributed by atoms with E-state index in [0.29, 0.717) is 17.3 Å². The molecule has 0 unspecified atom stereocenters. The monoisotopic (exact) mass is 328 g/mol. The van der Waals surface area contributed by atoms with E-state index in [2.05, 4.69) is 5.10 Å². The average Bonchev–Trinajstić information content (AvgIpc) is 2.87. The van der Waals surface area contributed by atoms with Gasteiger partial charge in [0.25, 0.3) is 0 Å². The van der Waals surface area contributed by atoms with E-state index < -0.39 is 5.97 Å². The number of rotatable bonds is 3. The molecule has 0 aliphatic heterocycles. The van der Waals surface area contributed by atoms with Crippen LogP contribution < -0.4 is 0 Å². The number of carbonyl (C=O) groups excluding carboxylic acids is 1. The molecule has 0 aliphatic carbocycles. The molecule has 3 rings (SSSR count). The van der Waals surface area contributed by atoms with Crippen molar-refractivity contribution in [1.82, 2.24) is 9.78 Å². The van der Waals surface area contributed by atoms with Crippen molar-refractivity contribution in [3.05, 3.63) is 63.8 Å². The third-order valence-electron chi connectivity index (χ3n) is 3.91. The molecule has 5 heteroatoms. The first kappa shape index (κ1) is 15.6. The van der Waals surface area contributed by atoms with Crippen LogP contribution in [0.3, 0.4) is 0 Å². The lowest BCUT2D eigenvalue weighted by Crippen LogP contribution is -2.07. The molecule has 1 heterocycles.